The van der Waals surface area contributed by atoms with Gasteiger partial charge in [-0.3, -0.25) is 34.6 Å². The topological polar surface area (TPSA) is 109 Å². The van der Waals surface area contributed by atoms with Gasteiger partial charge in [0.1, 0.15) is 5.57 Å². The number of hydrazine groups is 1. The van der Waals surface area contributed by atoms with Crippen molar-refractivity contribution in [1.29, 1.82) is 0 Å². The van der Waals surface area contributed by atoms with Gasteiger partial charge in [-0.25, -0.2) is 5.84 Å². The molecule has 0 spiro atoms. The van der Waals surface area contributed by atoms with E-state index in [1.165, 1.54) is 29.4 Å². The summed E-state index contributed by atoms with van der Waals surface area (Å²) in [5.74, 6) is 3.84. The Hall–Kier alpha value is -2.65. The number of thiocarbonyl (C=S) groups is 1. The summed E-state index contributed by atoms with van der Waals surface area (Å²) >= 11 is 5.05. The zero-order valence-electron chi connectivity index (χ0n) is 13.2. The highest BCUT2D eigenvalue weighted by Gasteiger charge is 2.36. The highest BCUT2D eigenvalue weighted by Crippen LogP contribution is 2.16. The second-order valence-electron chi connectivity index (χ2n) is 5.18. The van der Waals surface area contributed by atoms with Crippen LogP contribution in [0, 0.1) is 0 Å². The number of aromatic nitrogens is 1. The van der Waals surface area contributed by atoms with Crippen LogP contribution in [0.3, 0.4) is 0 Å². The summed E-state index contributed by atoms with van der Waals surface area (Å²) in [6.45, 7) is 3.70. The maximum atomic E-state index is 12.5. The zero-order valence-corrected chi connectivity index (χ0v) is 14.0. The number of nitrogens with zero attached hydrogens (tertiary/aromatic N) is 3. The molecule has 1 aromatic heterocycles. The molecular formula is C15H17N5O3S. The van der Waals surface area contributed by atoms with Crippen LogP contribution in [0.25, 0.3) is 0 Å². The number of carbonyl (C=O) groups excluding carboxylic acids is 3. The molecule has 9 heteroatoms. The molecule has 0 aromatic carbocycles. The molecule has 2 heterocycles. The Balaban J connectivity index is 2.29. The van der Waals surface area contributed by atoms with Gasteiger partial charge in [0.15, 0.2) is 5.11 Å². The van der Waals surface area contributed by atoms with Crippen molar-refractivity contribution >= 4 is 35.1 Å². The van der Waals surface area contributed by atoms with Crippen LogP contribution in [-0.4, -0.2) is 43.8 Å². The predicted molar refractivity (Wildman–Crippen MR) is 90.0 cm³/mol. The van der Waals surface area contributed by atoms with Gasteiger partial charge < -0.3 is 0 Å². The summed E-state index contributed by atoms with van der Waals surface area (Å²) in [5, 5.41) is 3.18. The summed E-state index contributed by atoms with van der Waals surface area (Å²) < 4.78 is 0. The van der Waals surface area contributed by atoms with E-state index in [9.17, 15) is 14.4 Å². The van der Waals surface area contributed by atoms with Crippen molar-refractivity contribution in [3.05, 3.63) is 41.9 Å². The van der Waals surface area contributed by atoms with Crippen molar-refractivity contribution in [2.45, 2.75) is 26.3 Å². The molecule has 8 nitrogen and oxygen atoms in total. The van der Waals surface area contributed by atoms with E-state index < -0.39 is 17.7 Å². The Morgan fingerprint density at radius 2 is 2.08 bits per heavy atom. The SMILES string of the molecule is CCC(C)N1C(=O)C(=CN(N)C(=O)c2ccncc2)C(=O)NC1=S. The third-order valence-corrected chi connectivity index (χ3v) is 3.89. The first kappa shape index (κ1) is 17.7. The van der Waals surface area contributed by atoms with E-state index in [0.717, 1.165) is 6.20 Å². The number of hydrogen-bond acceptors (Lipinski definition) is 6. The molecule has 0 aliphatic carbocycles. The van der Waals surface area contributed by atoms with Crippen molar-refractivity contribution in [2.24, 2.45) is 5.84 Å². The van der Waals surface area contributed by atoms with E-state index in [1.54, 1.807) is 0 Å². The number of nitrogens with one attached hydrogen (secondary N) is 1. The van der Waals surface area contributed by atoms with Gasteiger partial charge in [0, 0.05) is 30.2 Å². The average Bonchev–Trinajstić information content (AvgIpc) is 2.58. The van der Waals surface area contributed by atoms with Crippen molar-refractivity contribution < 1.29 is 14.4 Å². The lowest BCUT2D eigenvalue weighted by atomic mass is 10.1. The normalized spacial score (nSPS) is 17.7. The molecule has 0 radical (unpaired) electrons. The third kappa shape index (κ3) is 3.47. The Labute approximate surface area is 144 Å². The molecule has 0 bridgehead atoms. The van der Waals surface area contributed by atoms with Crippen LogP contribution in [0.1, 0.15) is 30.6 Å². The second-order valence-corrected chi connectivity index (χ2v) is 5.57. The predicted octanol–water partition coefficient (Wildman–Crippen LogP) is 0.323. The number of hydrogen-bond donors (Lipinski definition) is 2. The molecule has 126 valence electrons. The lowest BCUT2D eigenvalue weighted by Crippen LogP contribution is -2.57. The Morgan fingerprint density at radius 3 is 2.67 bits per heavy atom. The Morgan fingerprint density at radius 1 is 1.46 bits per heavy atom. The molecule has 3 N–H and O–H groups in total. The lowest BCUT2D eigenvalue weighted by molar-refractivity contribution is -0.130. The van der Waals surface area contributed by atoms with Gasteiger partial charge in [0.25, 0.3) is 17.7 Å². The fourth-order valence-corrected chi connectivity index (χ4v) is 2.44. The minimum Gasteiger partial charge on any atom is -0.298 e. The second kappa shape index (κ2) is 7.28. The first-order valence-corrected chi connectivity index (χ1v) is 7.66. The fourth-order valence-electron chi connectivity index (χ4n) is 2.08. The van der Waals surface area contributed by atoms with Gasteiger partial charge in [-0.05, 0) is 37.7 Å². The van der Waals surface area contributed by atoms with Crippen LogP contribution in [0.5, 0.6) is 0 Å². The van der Waals surface area contributed by atoms with E-state index in [4.69, 9.17) is 18.1 Å². The molecule has 2 rings (SSSR count). The first-order valence-electron chi connectivity index (χ1n) is 7.25. The van der Waals surface area contributed by atoms with Gasteiger partial charge in [0.2, 0.25) is 0 Å². The monoisotopic (exact) mass is 347 g/mol. The standard InChI is InChI=1S/C15H17N5O3S/c1-3-9(2)20-14(23)11(12(21)18-15(20)24)8-19(16)13(22)10-4-6-17-7-5-10/h4-9H,3,16H2,1-2H3,(H,18,21,24). The van der Waals surface area contributed by atoms with E-state index >= 15 is 0 Å². The van der Waals surface area contributed by atoms with Crippen molar-refractivity contribution in [1.82, 2.24) is 20.2 Å². The molecule has 1 aromatic rings. The summed E-state index contributed by atoms with van der Waals surface area (Å²) in [6.07, 6.45) is 4.54. The summed E-state index contributed by atoms with van der Waals surface area (Å²) in [6, 6.07) is 2.75. The van der Waals surface area contributed by atoms with Crippen molar-refractivity contribution in [2.75, 3.05) is 0 Å². The number of rotatable bonds is 4. The van der Waals surface area contributed by atoms with Crippen molar-refractivity contribution in [3.8, 4) is 0 Å². The smallest absolute Gasteiger partial charge is 0.272 e. The Bertz CT molecular complexity index is 719. The van der Waals surface area contributed by atoms with E-state index in [0.29, 0.717) is 11.4 Å². The molecular weight excluding hydrogens is 330 g/mol. The molecule has 1 fully saturated rings. The molecule has 0 saturated carbocycles. The van der Waals surface area contributed by atoms with E-state index in [-0.39, 0.29) is 22.3 Å². The molecule has 24 heavy (non-hydrogen) atoms. The maximum absolute atomic E-state index is 12.5. The van der Waals surface area contributed by atoms with Gasteiger partial charge in [0.05, 0.1) is 0 Å². The quantitative estimate of drug-likeness (QED) is 0.203. The average molecular weight is 347 g/mol. The fraction of sp³-hybridized carbons (Fsp3) is 0.267. The molecule has 1 unspecified atom stereocenters. The molecule has 1 atom stereocenters. The van der Waals surface area contributed by atoms with Crippen LogP contribution in [0.15, 0.2) is 36.3 Å². The zero-order chi connectivity index (χ0) is 17.9. The minimum absolute atomic E-state index is 0.0422. The van der Waals surface area contributed by atoms with Gasteiger partial charge in [-0.1, -0.05) is 6.92 Å². The Kier molecular flexibility index (Phi) is 5.37. The van der Waals surface area contributed by atoms with Crippen LogP contribution in [-0.2, 0) is 9.59 Å². The number of amides is 3. The van der Waals surface area contributed by atoms with Gasteiger partial charge in [-0.2, -0.15) is 0 Å². The van der Waals surface area contributed by atoms with Crippen LogP contribution in [0.4, 0.5) is 0 Å². The number of carbonyl (C=O) groups is 3. The molecule has 1 aliphatic rings. The number of nitrogens with two attached hydrogens (primary N) is 1. The summed E-state index contributed by atoms with van der Waals surface area (Å²) in [4.78, 5) is 41.9. The third-order valence-electron chi connectivity index (χ3n) is 3.59. The van der Waals surface area contributed by atoms with E-state index in [1.807, 2.05) is 13.8 Å². The van der Waals surface area contributed by atoms with Gasteiger partial charge in [-0.15, -0.1) is 0 Å². The van der Waals surface area contributed by atoms with Gasteiger partial charge >= 0.3 is 0 Å². The summed E-state index contributed by atoms with van der Waals surface area (Å²) in [7, 11) is 0. The number of pyridine rings is 1. The lowest BCUT2D eigenvalue weighted by Gasteiger charge is -2.33. The van der Waals surface area contributed by atoms with Crippen molar-refractivity contribution in [3.63, 3.8) is 0 Å². The van der Waals surface area contributed by atoms with Crippen LogP contribution in [0.2, 0.25) is 0 Å². The highest BCUT2D eigenvalue weighted by molar-refractivity contribution is 7.80. The highest BCUT2D eigenvalue weighted by atomic mass is 32.1. The summed E-state index contributed by atoms with van der Waals surface area (Å²) in [5.41, 5.74) is 0.0242. The van der Waals surface area contributed by atoms with E-state index in [2.05, 4.69) is 10.3 Å². The molecule has 3 amide bonds. The largest absolute Gasteiger partial charge is 0.298 e. The molecule has 1 aliphatic heterocycles. The molecule has 1 saturated heterocycles. The minimum atomic E-state index is -0.692. The van der Waals surface area contributed by atoms with Crippen LogP contribution < -0.4 is 11.2 Å². The first-order chi connectivity index (χ1) is 11.4. The maximum Gasteiger partial charge on any atom is 0.272 e. The van der Waals surface area contributed by atoms with Crippen LogP contribution >= 0.6 is 12.2 Å².